The number of hydrogen-bond acceptors (Lipinski definition) is 4. The molecule has 0 spiro atoms. The number of nitrogens with zero attached hydrogens (tertiary/aromatic N) is 3. The van der Waals surface area contributed by atoms with Crippen LogP contribution in [0.3, 0.4) is 0 Å². The van der Waals surface area contributed by atoms with Crippen molar-refractivity contribution in [3.63, 3.8) is 0 Å². The summed E-state index contributed by atoms with van der Waals surface area (Å²) in [5.41, 5.74) is 3.44. The number of aromatic nitrogens is 2. The van der Waals surface area contributed by atoms with Crippen LogP contribution in [0.5, 0.6) is 0 Å². The van der Waals surface area contributed by atoms with E-state index in [1.54, 1.807) is 18.5 Å². The predicted molar refractivity (Wildman–Crippen MR) is 74.6 cm³/mol. The first-order chi connectivity index (χ1) is 9.79. The van der Waals surface area contributed by atoms with Crippen molar-refractivity contribution in [1.82, 2.24) is 9.97 Å². The SMILES string of the molecule is Cc1nc(-c2ccccn2)cc(-c2ccco2)c1C#N. The normalized spacial score (nSPS) is 10.2. The number of furan rings is 1. The van der Waals surface area contributed by atoms with Gasteiger partial charge < -0.3 is 4.42 Å². The molecule has 3 heterocycles. The van der Waals surface area contributed by atoms with E-state index < -0.39 is 0 Å². The lowest BCUT2D eigenvalue weighted by molar-refractivity contribution is 0.582. The third-order valence-electron chi connectivity index (χ3n) is 3.03. The van der Waals surface area contributed by atoms with Crippen LogP contribution in [0.15, 0.2) is 53.3 Å². The Hall–Kier alpha value is -2.93. The molecule has 0 radical (unpaired) electrons. The van der Waals surface area contributed by atoms with Crippen LogP contribution in [0.2, 0.25) is 0 Å². The maximum Gasteiger partial charge on any atom is 0.135 e. The largest absolute Gasteiger partial charge is 0.464 e. The fraction of sp³-hybridized carbons (Fsp3) is 0.0625. The Morgan fingerprint density at radius 1 is 1.15 bits per heavy atom. The van der Waals surface area contributed by atoms with Gasteiger partial charge in [0.2, 0.25) is 0 Å². The minimum absolute atomic E-state index is 0.527. The van der Waals surface area contributed by atoms with Gasteiger partial charge in [-0.2, -0.15) is 5.26 Å². The zero-order chi connectivity index (χ0) is 13.9. The van der Waals surface area contributed by atoms with Crippen molar-refractivity contribution in [2.24, 2.45) is 0 Å². The fourth-order valence-electron chi connectivity index (χ4n) is 2.09. The van der Waals surface area contributed by atoms with E-state index in [2.05, 4.69) is 16.0 Å². The van der Waals surface area contributed by atoms with Crippen molar-refractivity contribution < 1.29 is 4.42 Å². The van der Waals surface area contributed by atoms with Crippen molar-refractivity contribution in [1.29, 1.82) is 5.26 Å². The van der Waals surface area contributed by atoms with Crippen LogP contribution in [0.4, 0.5) is 0 Å². The van der Waals surface area contributed by atoms with E-state index in [-0.39, 0.29) is 0 Å². The first-order valence-corrected chi connectivity index (χ1v) is 6.16. The van der Waals surface area contributed by atoms with Gasteiger partial charge in [0.15, 0.2) is 0 Å². The maximum absolute atomic E-state index is 9.31. The summed E-state index contributed by atoms with van der Waals surface area (Å²) in [6.07, 6.45) is 3.31. The number of nitriles is 1. The molecule has 3 aromatic rings. The second kappa shape index (κ2) is 4.98. The molecule has 0 fully saturated rings. The van der Waals surface area contributed by atoms with Gasteiger partial charge in [-0.1, -0.05) is 6.07 Å². The minimum atomic E-state index is 0.527. The Bertz CT molecular complexity index is 771. The quantitative estimate of drug-likeness (QED) is 0.707. The van der Waals surface area contributed by atoms with E-state index in [0.29, 0.717) is 17.0 Å². The van der Waals surface area contributed by atoms with Gasteiger partial charge >= 0.3 is 0 Å². The Morgan fingerprint density at radius 3 is 2.70 bits per heavy atom. The van der Waals surface area contributed by atoms with Gasteiger partial charge in [-0.25, -0.2) is 0 Å². The van der Waals surface area contributed by atoms with Gasteiger partial charge in [-0.15, -0.1) is 0 Å². The summed E-state index contributed by atoms with van der Waals surface area (Å²) in [6, 6.07) is 13.3. The highest BCUT2D eigenvalue weighted by Crippen LogP contribution is 2.29. The van der Waals surface area contributed by atoms with E-state index in [9.17, 15) is 5.26 Å². The Morgan fingerprint density at radius 2 is 2.05 bits per heavy atom. The fourth-order valence-corrected chi connectivity index (χ4v) is 2.09. The second-order valence-electron chi connectivity index (χ2n) is 4.32. The predicted octanol–water partition coefficient (Wildman–Crippen LogP) is 3.58. The van der Waals surface area contributed by atoms with Crippen molar-refractivity contribution >= 4 is 0 Å². The standard InChI is InChI=1S/C16H11N3O/c1-11-13(10-17)12(16-6-4-8-20-16)9-15(19-11)14-5-2-3-7-18-14/h2-9H,1H3. The highest BCUT2D eigenvalue weighted by atomic mass is 16.3. The average molecular weight is 261 g/mol. The minimum Gasteiger partial charge on any atom is -0.464 e. The molecule has 0 aromatic carbocycles. The first-order valence-electron chi connectivity index (χ1n) is 6.16. The monoisotopic (exact) mass is 261 g/mol. The molecule has 0 aliphatic carbocycles. The smallest absolute Gasteiger partial charge is 0.135 e. The van der Waals surface area contributed by atoms with Crippen LogP contribution >= 0.6 is 0 Å². The Kier molecular flexibility index (Phi) is 3.02. The number of aryl methyl sites for hydroxylation is 1. The van der Waals surface area contributed by atoms with Crippen LogP contribution in [0.25, 0.3) is 22.7 Å². The van der Waals surface area contributed by atoms with E-state index in [0.717, 1.165) is 17.0 Å². The molecule has 0 aliphatic rings. The lowest BCUT2D eigenvalue weighted by Crippen LogP contribution is -1.96. The Balaban J connectivity index is 2.24. The molecule has 0 saturated heterocycles. The highest BCUT2D eigenvalue weighted by molar-refractivity contribution is 5.72. The molecule has 0 N–H and O–H groups in total. The van der Waals surface area contributed by atoms with Crippen molar-refractivity contribution in [3.8, 4) is 28.8 Å². The van der Waals surface area contributed by atoms with Gasteiger partial charge in [0, 0.05) is 11.8 Å². The summed E-state index contributed by atoms with van der Waals surface area (Å²) in [7, 11) is 0. The summed E-state index contributed by atoms with van der Waals surface area (Å²) in [5.74, 6) is 0.657. The zero-order valence-electron chi connectivity index (χ0n) is 10.9. The molecule has 4 heteroatoms. The van der Waals surface area contributed by atoms with Crippen LogP contribution in [0, 0.1) is 18.3 Å². The Labute approximate surface area is 116 Å². The first kappa shape index (κ1) is 12.1. The maximum atomic E-state index is 9.31. The van der Waals surface area contributed by atoms with Crippen LogP contribution < -0.4 is 0 Å². The lowest BCUT2D eigenvalue weighted by atomic mass is 10.0. The summed E-state index contributed by atoms with van der Waals surface area (Å²) >= 11 is 0. The molecule has 0 bridgehead atoms. The van der Waals surface area contributed by atoms with Gasteiger partial charge in [0.25, 0.3) is 0 Å². The molecule has 0 aliphatic heterocycles. The zero-order valence-corrected chi connectivity index (χ0v) is 10.9. The van der Waals surface area contributed by atoms with E-state index in [1.165, 1.54) is 0 Å². The van der Waals surface area contributed by atoms with Gasteiger partial charge in [0.1, 0.15) is 11.8 Å². The summed E-state index contributed by atoms with van der Waals surface area (Å²) in [5, 5.41) is 9.31. The van der Waals surface area contributed by atoms with Gasteiger partial charge in [-0.05, 0) is 37.3 Å². The van der Waals surface area contributed by atoms with E-state index >= 15 is 0 Å². The molecular formula is C16H11N3O. The summed E-state index contributed by atoms with van der Waals surface area (Å²) in [6.45, 7) is 1.82. The van der Waals surface area contributed by atoms with Crippen molar-refractivity contribution in [3.05, 3.63) is 60.1 Å². The summed E-state index contributed by atoms with van der Waals surface area (Å²) in [4.78, 5) is 8.75. The number of pyridine rings is 2. The molecule has 0 saturated carbocycles. The molecule has 3 aromatic heterocycles. The molecule has 0 amide bonds. The summed E-state index contributed by atoms with van der Waals surface area (Å²) < 4.78 is 5.41. The topological polar surface area (TPSA) is 62.7 Å². The third kappa shape index (κ3) is 2.06. The number of hydrogen-bond donors (Lipinski definition) is 0. The van der Waals surface area contributed by atoms with Gasteiger partial charge in [-0.3, -0.25) is 9.97 Å². The average Bonchev–Trinajstić information content (AvgIpc) is 3.01. The third-order valence-corrected chi connectivity index (χ3v) is 3.03. The van der Waals surface area contributed by atoms with Crippen LogP contribution in [-0.4, -0.2) is 9.97 Å². The van der Waals surface area contributed by atoms with E-state index in [4.69, 9.17) is 4.42 Å². The van der Waals surface area contributed by atoms with Crippen molar-refractivity contribution in [2.45, 2.75) is 6.92 Å². The lowest BCUT2D eigenvalue weighted by Gasteiger charge is -2.07. The number of rotatable bonds is 2. The van der Waals surface area contributed by atoms with Crippen molar-refractivity contribution in [2.75, 3.05) is 0 Å². The van der Waals surface area contributed by atoms with E-state index in [1.807, 2.05) is 37.3 Å². The molecule has 0 atom stereocenters. The molecule has 3 rings (SSSR count). The van der Waals surface area contributed by atoms with Gasteiger partial charge in [0.05, 0.1) is 28.9 Å². The highest BCUT2D eigenvalue weighted by Gasteiger charge is 2.14. The molecule has 20 heavy (non-hydrogen) atoms. The molecular weight excluding hydrogens is 250 g/mol. The van der Waals surface area contributed by atoms with Crippen LogP contribution in [-0.2, 0) is 0 Å². The second-order valence-corrected chi connectivity index (χ2v) is 4.32. The molecule has 4 nitrogen and oxygen atoms in total. The van der Waals surface area contributed by atoms with Crippen LogP contribution in [0.1, 0.15) is 11.3 Å². The molecule has 96 valence electrons. The molecule has 0 unspecified atom stereocenters.